The van der Waals surface area contributed by atoms with E-state index in [0.717, 1.165) is 12.1 Å². The van der Waals surface area contributed by atoms with Gasteiger partial charge in [0.25, 0.3) is 0 Å². The molecule has 1 heterocycles. The maximum atomic E-state index is 5.66. The number of benzene rings is 1. The molecule has 0 radical (unpaired) electrons. The van der Waals surface area contributed by atoms with Crippen LogP contribution in [0, 0.1) is 13.8 Å². The van der Waals surface area contributed by atoms with Crippen LogP contribution in [-0.4, -0.2) is 17.1 Å². The van der Waals surface area contributed by atoms with E-state index in [-0.39, 0.29) is 6.04 Å². The normalized spacial score (nSPS) is 12.2. The molecule has 0 saturated carbocycles. The Kier molecular flexibility index (Phi) is 4.65. The van der Waals surface area contributed by atoms with Gasteiger partial charge in [-0.05, 0) is 37.0 Å². The average molecular weight is 272 g/mol. The Morgan fingerprint density at radius 3 is 2.65 bits per heavy atom. The molecule has 0 aliphatic carbocycles. The number of ether oxygens (including phenoxy) is 1. The minimum atomic E-state index is -0.0750. The zero-order valence-electron chi connectivity index (χ0n) is 12.1. The third-order valence-corrected chi connectivity index (χ3v) is 3.44. The van der Waals surface area contributed by atoms with Crippen LogP contribution in [0.15, 0.2) is 30.6 Å². The molecule has 5 nitrogen and oxygen atoms in total. The van der Waals surface area contributed by atoms with E-state index in [4.69, 9.17) is 10.6 Å². The van der Waals surface area contributed by atoms with Crippen LogP contribution >= 0.6 is 0 Å². The lowest BCUT2D eigenvalue weighted by atomic mass is 9.99. The van der Waals surface area contributed by atoms with Crippen molar-refractivity contribution in [2.75, 3.05) is 7.11 Å². The number of rotatable bonds is 5. The molecule has 3 N–H and O–H groups in total. The number of aromatic nitrogens is 2. The molecule has 2 aromatic rings. The number of hydrogen-bond acceptors (Lipinski definition) is 5. The van der Waals surface area contributed by atoms with Crippen molar-refractivity contribution in [1.29, 1.82) is 0 Å². The molecule has 0 aliphatic rings. The SMILES string of the molecule is COc1cc(C(Cc2ccc(C)c(C)c2)NN)ncn1. The third-order valence-electron chi connectivity index (χ3n) is 3.44. The first-order chi connectivity index (χ1) is 9.63. The predicted octanol–water partition coefficient (Wildman–Crippen LogP) is 1.85. The van der Waals surface area contributed by atoms with Crippen LogP contribution in [0.25, 0.3) is 0 Å². The van der Waals surface area contributed by atoms with Crippen molar-refractivity contribution < 1.29 is 4.74 Å². The summed E-state index contributed by atoms with van der Waals surface area (Å²) in [6.07, 6.45) is 2.25. The second kappa shape index (κ2) is 6.45. The number of hydrogen-bond donors (Lipinski definition) is 2. The lowest BCUT2D eigenvalue weighted by Gasteiger charge is -2.16. The first-order valence-corrected chi connectivity index (χ1v) is 6.52. The van der Waals surface area contributed by atoms with Gasteiger partial charge in [-0.2, -0.15) is 0 Å². The Balaban J connectivity index is 2.21. The van der Waals surface area contributed by atoms with Gasteiger partial charge in [-0.15, -0.1) is 0 Å². The molecule has 1 atom stereocenters. The Morgan fingerprint density at radius 2 is 2.00 bits per heavy atom. The van der Waals surface area contributed by atoms with Crippen LogP contribution in [0.3, 0.4) is 0 Å². The van der Waals surface area contributed by atoms with Gasteiger partial charge in [0.2, 0.25) is 5.88 Å². The Morgan fingerprint density at radius 1 is 1.20 bits per heavy atom. The average Bonchev–Trinajstić information content (AvgIpc) is 2.48. The summed E-state index contributed by atoms with van der Waals surface area (Å²) in [5.74, 6) is 6.20. The van der Waals surface area contributed by atoms with Gasteiger partial charge in [-0.1, -0.05) is 18.2 Å². The molecule has 106 valence electrons. The van der Waals surface area contributed by atoms with Crippen molar-refractivity contribution in [3.8, 4) is 5.88 Å². The lowest BCUT2D eigenvalue weighted by Crippen LogP contribution is -2.30. The van der Waals surface area contributed by atoms with Crippen LogP contribution in [0.5, 0.6) is 5.88 Å². The van der Waals surface area contributed by atoms with Crippen molar-refractivity contribution >= 4 is 0 Å². The summed E-state index contributed by atoms with van der Waals surface area (Å²) in [6.45, 7) is 4.21. The van der Waals surface area contributed by atoms with E-state index >= 15 is 0 Å². The summed E-state index contributed by atoms with van der Waals surface area (Å²) >= 11 is 0. The quantitative estimate of drug-likeness (QED) is 0.642. The third kappa shape index (κ3) is 3.31. The molecule has 5 heteroatoms. The van der Waals surface area contributed by atoms with Crippen molar-refractivity contribution in [1.82, 2.24) is 15.4 Å². The van der Waals surface area contributed by atoms with E-state index in [1.807, 2.05) is 0 Å². The van der Waals surface area contributed by atoms with E-state index in [1.54, 1.807) is 13.2 Å². The molecule has 1 aromatic heterocycles. The second-order valence-electron chi connectivity index (χ2n) is 4.83. The Hall–Kier alpha value is -1.98. The standard InChI is InChI=1S/C15H20N4O/c1-10-4-5-12(6-11(10)2)7-14(19-16)13-8-15(20-3)18-9-17-13/h4-6,8-9,14,19H,7,16H2,1-3H3. The van der Waals surface area contributed by atoms with Gasteiger partial charge in [0.05, 0.1) is 18.8 Å². The maximum absolute atomic E-state index is 5.66. The highest BCUT2D eigenvalue weighted by Crippen LogP contribution is 2.20. The molecule has 0 saturated heterocycles. The van der Waals surface area contributed by atoms with Crippen molar-refractivity contribution in [3.63, 3.8) is 0 Å². The predicted molar refractivity (Wildman–Crippen MR) is 78.3 cm³/mol. The lowest BCUT2D eigenvalue weighted by molar-refractivity contribution is 0.393. The van der Waals surface area contributed by atoms with Crippen molar-refractivity contribution in [2.45, 2.75) is 26.3 Å². The van der Waals surface area contributed by atoms with E-state index in [0.29, 0.717) is 5.88 Å². The highest BCUT2D eigenvalue weighted by atomic mass is 16.5. The highest BCUT2D eigenvalue weighted by Gasteiger charge is 2.13. The van der Waals surface area contributed by atoms with E-state index in [1.165, 1.54) is 23.0 Å². The van der Waals surface area contributed by atoms with Crippen LogP contribution in [0.2, 0.25) is 0 Å². The van der Waals surface area contributed by atoms with E-state index in [9.17, 15) is 0 Å². The van der Waals surface area contributed by atoms with Gasteiger partial charge in [-0.25, -0.2) is 9.97 Å². The summed E-state index contributed by atoms with van der Waals surface area (Å²) in [5.41, 5.74) is 7.40. The van der Waals surface area contributed by atoms with Crippen LogP contribution in [-0.2, 0) is 6.42 Å². The van der Waals surface area contributed by atoms with Crippen molar-refractivity contribution in [2.24, 2.45) is 5.84 Å². The summed E-state index contributed by atoms with van der Waals surface area (Å²) in [4.78, 5) is 8.27. The number of nitrogens with zero attached hydrogens (tertiary/aromatic N) is 2. The minimum Gasteiger partial charge on any atom is -0.481 e. The Labute approximate surface area is 119 Å². The molecule has 0 bridgehead atoms. The van der Waals surface area contributed by atoms with E-state index in [2.05, 4.69) is 47.4 Å². The Bertz CT molecular complexity index is 586. The van der Waals surface area contributed by atoms with Gasteiger partial charge < -0.3 is 4.74 Å². The number of aryl methyl sites for hydroxylation is 2. The second-order valence-corrected chi connectivity index (χ2v) is 4.83. The highest BCUT2D eigenvalue weighted by molar-refractivity contribution is 5.31. The minimum absolute atomic E-state index is 0.0750. The van der Waals surface area contributed by atoms with Gasteiger partial charge in [-0.3, -0.25) is 11.3 Å². The van der Waals surface area contributed by atoms with Crippen LogP contribution in [0.4, 0.5) is 0 Å². The van der Waals surface area contributed by atoms with Crippen LogP contribution < -0.4 is 16.0 Å². The number of nitrogens with two attached hydrogens (primary N) is 1. The molecule has 1 unspecified atom stereocenters. The smallest absolute Gasteiger partial charge is 0.216 e. The topological polar surface area (TPSA) is 73.1 Å². The molecular weight excluding hydrogens is 252 g/mol. The zero-order valence-corrected chi connectivity index (χ0v) is 12.1. The fraction of sp³-hybridized carbons (Fsp3) is 0.333. The van der Waals surface area contributed by atoms with Gasteiger partial charge in [0, 0.05) is 6.07 Å². The van der Waals surface area contributed by atoms with Gasteiger partial charge >= 0.3 is 0 Å². The van der Waals surface area contributed by atoms with Crippen LogP contribution in [0.1, 0.15) is 28.4 Å². The fourth-order valence-electron chi connectivity index (χ4n) is 2.07. The molecule has 2 rings (SSSR count). The summed E-state index contributed by atoms with van der Waals surface area (Å²) < 4.78 is 5.11. The summed E-state index contributed by atoms with van der Waals surface area (Å²) in [5, 5.41) is 0. The van der Waals surface area contributed by atoms with E-state index < -0.39 is 0 Å². The largest absolute Gasteiger partial charge is 0.481 e. The monoisotopic (exact) mass is 272 g/mol. The maximum Gasteiger partial charge on any atom is 0.216 e. The molecule has 0 amide bonds. The molecular formula is C15H20N4O. The number of hydrazine groups is 1. The molecule has 0 fully saturated rings. The molecule has 0 spiro atoms. The molecule has 20 heavy (non-hydrogen) atoms. The summed E-state index contributed by atoms with van der Waals surface area (Å²) in [7, 11) is 1.58. The van der Waals surface area contributed by atoms with Gasteiger partial charge in [0.15, 0.2) is 0 Å². The first-order valence-electron chi connectivity index (χ1n) is 6.52. The van der Waals surface area contributed by atoms with Gasteiger partial charge in [0.1, 0.15) is 6.33 Å². The number of methoxy groups -OCH3 is 1. The fourth-order valence-corrected chi connectivity index (χ4v) is 2.07. The van der Waals surface area contributed by atoms with Crippen molar-refractivity contribution in [3.05, 3.63) is 53.0 Å². The molecule has 1 aromatic carbocycles. The first kappa shape index (κ1) is 14.4. The molecule has 0 aliphatic heterocycles. The number of nitrogens with one attached hydrogen (secondary N) is 1. The summed E-state index contributed by atoms with van der Waals surface area (Å²) in [6, 6.07) is 8.14. The zero-order chi connectivity index (χ0) is 14.5.